The van der Waals surface area contributed by atoms with Gasteiger partial charge in [0.1, 0.15) is 0 Å². The summed E-state index contributed by atoms with van der Waals surface area (Å²) < 4.78 is 25.7. The van der Waals surface area contributed by atoms with Gasteiger partial charge in [0.25, 0.3) is 5.91 Å². The molecule has 5 N–H and O–H groups in total. The fraction of sp³-hybridized carbons (Fsp3) is 0.524. The van der Waals surface area contributed by atoms with Gasteiger partial charge < -0.3 is 16.0 Å². The summed E-state index contributed by atoms with van der Waals surface area (Å²) >= 11 is 0. The van der Waals surface area contributed by atoms with Gasteiger partial charge in [-0.05, 0) is 50.7 Å². The lowest BCUT2D eigenvalue weighted by Gasteiger charge is -2.22. The molecule has 33 heavy (non-hydrogen) atoms. The predicted molar refractivity (Wildman–Crippen MR) is 122 cm³/mol. The third kappa shape index (κ3) is 6.99. The molecular weight excluding hydrogens is 446 g/mol. The van der Waals surface area contributed by atoms with Gasteiger partial charge in [-0.1, -0.05) is 16.8 Å². The van der Waals surface area contributed by atoms with Gasteiger partial charge in [-0.25, -0.2) is 18.4 Å². The third-order valence-electron chi connectivity index (χ3n) is 5.84. The van der Waals surface area contributed by atoms with Crippen LogP contribution in [0.4, 0.5) is 4.79 Å². The number of rotatable bonds is 8. The molecule has 2 aromatic rings. The average Bonchev–Trinajstić information content (AvgIpc) is 3.06. The van der Waals surface area contributed by atoms with Crippen molar-refractivity contribution in [1.82, 2.24) is 25.2 Å². The van der Waals surface area contributed by atoms with Gasteiger partial charge in [0, 0.05) is 38.8 Å². The number of hydrogen-bond acceptors (Lipinski definition) is 6. The number of sulfonamides is 1. The van der Waals surface area contributed by atoms with Gasteiger partial charge >= 0.3 is 6.03 Å². The van der Waals surface area contributed by atoms with Crippen molar-refractivity contribution in [3.8, 4) is 0 Å². The first-order valence-corrected chi connectivity index (χ1v) is 12.5. The second-order valence-electron chi connectivity index (χ2n) is 8.44. The van der Waals surface area contributed by atoms with E-state index < -0.39 is 16.1 Å². The molecule has 1 aliphatic rings. The van der Waals surface area contributed by atoms with E-state index in [0.717, 1.165) is 36.9 Å². The summed E-state index contributed by atoms with van der Waals surface area (Å²) in [5.74, 6) is 0.121. The highest BCUT2D eigenvalue weighted by atomic mass is 32.2. The Morgan fingerprint density at radius 3 is 2.76 bits per heavy atom. The van der Waals surface area contributed by atoms with Crippen LogP contribution in [0.3, 0.4) is 0 Å². The molecule has 1 aliphatic heterocycles. The van der Waals surface area contributed by atoms with Crippen molar-refractivity contribution in [2.24, 2.45) is 16.8 Å². The minimum atomic E-state index is -3.99. The van der Waals surface area contributed by atoms with Gasteiger partial charge in [0.05, 0.1) is 16.2 Å². The Kier molecular flexibility index (Phi) is 8.03. The lowest BCUT2D eigenvalue weighted by atomic mass is 9.97. The van der Waals surface area contributed by atoms with E-state index in [1.54, 1.807) is 21.7 Å². The number of carbonyl (C=O) groups is 2. The van der Waals surface area contributed by atoms with E-state index in [-0.39, 0.29) is 16.4 Å². The molecule has 1 aromatic heterocycles. The zero-order chi connectivity index (χ0) is 24.0. The van der Waals surface area contributed by atoms with Crippen LogP contribution >= 0.6 is 0 Å². The summed E-state index contributed by atoms with van der Waals surface area (Å²) in [5, 5.41) is 16.1. The Labute approximate surface area is 193 Å². The van der Waals surface area contributed by atoms with Crippen molar-refractivity contribution in [1.29, 1.82) is 0 Å². The summed E-state index contributed by atoms with van der Waals surface area (Å²) in [7, 11) is -3.99. The molecule has 1 saturated heterocycles. The molecule has 1 unspecified atom stereocenters. The van der Waals surface area contributed by atoms with Crippen molar-refractivity contribution < 1.29 is 18.0 Å². The van der Waals surface area contributed by atoms with Gasteiger partial charge in [-0.3, -0.25) is 9.48 Å². The van der Waals surface area contributed by atoms with Gasteiger partial charge in [-0.15, -0.1) is 5.10 Å². The highest BCUT2D eigenvalue weighted by molar-refractivity contribution is 7.89. The normalized spacial score (nSPS) is 16.9. The van der Waals surface area contributed by atoms with Crippen molar-refractivity contribution in [2.75, 3.05) is 19.6 Å². The topological polar surface area (TPSA) is 166 Å². The quantitative estimate of drug-likeness (QED) is 0.508. The van der Waals surface area contributed by atoms with Crippen LogP contribution in [0.15, 0.2) is 29.3 Å². The van der Waals surface area contributed by atoms with Crippen molar-refractivity contribution in [2.45, 2.75) is 50.5 Å². The molecule has 2 heterocycles. The maximum Gasteiger partial charge on any atom is 0.312 e. The Balaban J connectivity index is 1.55. The predicted octanol–water partition coefficient (Wildman–Crippen LogP) is 0.777. The number of hydrogen-bond donors (Lipinski definition) is 3. The number of nitrogens with two attached hydrogens (primary N) is 2. The third-order valence-corrected chi connectivity index (χ3v) is 6.81. The van der Waals surface area contributed by atoms with Gasteiger partial charge in [-0.2, -0.15) is 0 Å². The summed E-state index contributed by atoms with van der Waals surface area (Å²) in [6.07, 6.45) is 5.96. The van der Waals surface area contributed by atoms with Crippen molar-refractivity contribution in [3.05, 3.63) is 41.2 Å². The molecule has 0 bridgehead atoms. The zero-order valence-electron chi connectivity index (χ0n) is 18.7. The standard InChI is InChI=1S/C21H31N7O4S/c1-15-4-5-19(33(23,31)32)18(13-15)20(29)27-10-2-3-16(7-11-27)8-12-28-14-17(25-26-28)6-9-24-21(22)30/h4-5,13-14,16H,2-3,6-12H2,1H3,(H3,22,24,30)(H2,23,31,32). The van der Waals surface area contributed by atoms with Crippen molar-refractivity contribution in [3.63, 3.8) is 0 Å². The van der Waals surface area contributed by atoms with Crippen LogP contribution in [0.1, 0.15) is 47.3 Å². The second kappa shape index (κ2) is 10.8. The Morgan fingerprint density at radius 2 is 2.03 bits per heavy atom. The Hall–Kier alpha value is -2.99. The van der Waals surface area contributed by atoms with E-state index >= 15 is 0 Å². The molecule has 1 aromatic carbocycles. The van der Waals surface area contributed by atoms with Crippen LogP contribution in [-0.4, -0.2) is 59.9 Å². The molecule has 180 valence electrons. The summed E-state index contributed by atoms with van der Waals surface area (Å²) in [6.45, 7) is 4.07. The molecular formula is C21H31N7O4S. The van der Waals surface area contributed by atoms with Gasteiger partial charge in [0.15, 0.2) is 0 Å². The van der Waals surface area contributed by atoms with Gasteiger partial charge in [0.2, 0.25) is 10.0 Å². The molecule has 1 fully saturated rings. The lowest BCUT2D eigenvalue weighted by Crippen LogP contribution is -2.33. The summed E-state index contributed by atoms with van der Waals surface area (Å²) in [5.41, 5.74) is 6.77. The minimum Gasteiger partial charge on any atom is -0.352 e. The summed E-state index contributed by atoms with van der Waals surface area (Å²) in [6, 6.07) is 4.06. The number of nitrogens with zero attached hydrogens (tertiary/aromatic N) is 4. The number of urea groups is 1. The van der Waals surface area contributed by atoms with Crippen LogP contribution in [0, 0.1) is 12.8 Å². The first-order valence-electron chi connectivity index (χ1n) is 11.0. The lowest BCUT2D eigenvalue weighted by molar-refractivity contribution is 0.0755. The van der Waals surface area contributed by atoms with E-state index in [4.69, 9.17) is 10.9 Å². The van der Waals surface area contributed by atoms with E-state index in [2.05, 4.69) is 15.6 Å². The first kappa shape index (κ1) is 24.6. The number of carbonyl (C=O) groups excluding carboxylic acids is 2. The Morgan fingerprint density at radius 1 is 1.24 bits per heavy atom. The number of primary sulfonamides is 1. The molecule has 3 rings (SSSR count). The highest BCUT2D eigenvalue weighted by Crippen LogP contribution is 2.24. The number of aryl methyl sites for hydroxylation is 2. The molecule has 0 spiro atoms. The second-order valence-corrected chi connectivity index (χ2v) is 9.97. The van der Waals surface area contributed by atoms with Crippen molar-refractivity contribution >= 4 is 22.0 Å². The molecule has 0 radical (unpaired) electrons. The smallest absolute Gasteiger partial charge is 0.312 e. The number of likely N-dealkylation sites (tertiary alicyclic amines) is 1. The van der Waals surface area contributed by atoms with Crippen LogP contribution in [0.25, 0.3) is 0 Å². The fourth-order valence-electron chi connectivity index (χ4n) is 4.08. The molecule has 0 aliphatic carbocycles. The maximum absolute atomic E-state index is 13.1. The number of benzene rings is 1. The van der Waals surface area contributed by atoms with Crippen LogP contribution < -0.4 is 16.2 Å². The van der Waals surface area contributed by atoms with E-state index in [0.29, 0.717) is 38.5 Å². The van der Waals surface area contributed by atoms with E-state index in [9.17, 15) is 18.0 Å². The summed E-state index contributed by atoms with van der Waals surface area (Å²) in [4.78, 5) is 25.5. The van der Waals surface area contributed by atoms with E-state index in [1.807, 2.05) is 13.1 Å². The molecule has 11 nitrogen and oxygen atoms in total. The monoisotopic (exact) mass is 477 g/mol. The van der Waals surface area contributed by atoms with Crippen LogP contribution in [0.5, 0.6) is 0 Å². The fourth-order valence-corrected chi connectivity index (χ4v) is 4.79. The maximum atomic E-state index is 13.1. The molecule has 0 saturated carbocycles. The average molecular weight is 478 g/mol. The Bertz CT molecular complexity index is 1100. The number of aromatic nitrogens is 3. The van der Waals surface area contributed by atoms with Crippen LogP contribution in [0.2, 0.25) is 0 Å². The van der Waals surface area contributed by atoms with E-state index in [1.165, 1.54) is 6.07 Å². The minimum absolute atomic E-state index is 0.132. The molecule has 1 atom stereocenters. The molecule has 12 heteroatoms. The largest absolute Gasteiger partial charge is 0.352 e. The number of nitrogens with one attached hydrogen (secondary N) is 1. The number of primary amides is 1. The highest BCUT2D eigenvalue weighted by Gasteiger charge is 2.26. The van der Waals surface area contributed by atoms with Crippen LogP contribution in [-0.2, 0) is 23.0 Å². The number of amides is 3. The molecule has 3 amide bonds. The zero-order valence-corrected chi connectivity index (χ0v) is 19.6. The first-order chi connectivity index (χ1) is 15.6. The SMILES string of the molecule is Cc1ccc(S(N)(=O)=O)c(C(=O)N2CCCC(CCn3cc(CCNC(N)=O)nn3)CC2)c1.